The second-order valence-corrected chi connectivity index (χ2v) is 6.60. The van der Waals surface area contributed by atoms with Crippen molar-refractivity contribution in [1.29, 1.82) is 0 Å². The summed E-state index contributed by atoms with van der Waals surface area (Å²) in [5, 5.41) is 0. The first-order valence-corrected chi connectivity index (χ1v) is 8.67. The number of amides is 2. The van der Waals surface area contributed by atoms with Crippen LogP contribution in [0.3, 0.4) is 0 Å². The molecule has 1 unspecified atom stereocenters. The molecule has 0 aliphatic carbocycles. The van der Waals surface area contributed by atoms with Gasteiger partial charge in [-0.15, -0.1) is 0 Å². The van der Waals surface area contributed by atoms with E-state index in [4.69, 9.17) is 4.42 Å². The Labute approximate surface area is 148 Å². The second kappa shape index (κ2) is 7.55. The van der Waals surface area contributed by atoms with Gasteiger partial charge in [0.1, 0.15) is 11.8 Å². The Morgan fingerprint density at radius 2 is 2.00 bits per heavy atom. The number of benzene rings is 1. The summed E-state index contributed by atoms with van der Waals surface area (Å²) in [4.78, 5) is 29.0. The Bertz CT molecular complexity index is 738. The number of aryl methyl sites for hydroxylation is 1. The van der Waals surface area contributed by atoms with E-state index in [1.54, 1.807) is 23.1 Å². The molecular weight excluding hydrogens is 316 g/mol. The Kier molecular flexibility index (Phi) is 5.22. The van der Waals surface area contributed by atoms with E-state index in [1.807, 2.05) is 43.3 Å². The van der Waals surface area contributed by atoms with Crippen LogP contribution in [-0.2, 0) is 22.6 Å². The quantitative estimate of drug-likeness (QED) is 0.841. The lowest BCUT2D eigenvalue weighted by Gasteiger charge is -2.28. The average molecular weight is 340 g/mol. The van der Waals surface area contributed by atoms with E-state index in [0.717, 1.165) is 29.7 Å². The van der Waals surface area contributed by atoms with Gasteiger partial charge in [-0.1, -0.05) is 30.3 Å². The van der Waals surface area contributed by atoms with Crippen molar-refractivity contribution in [3.8, 4) is 0 Å². The Morgan fingerprint density at radius 1 is 1.24 bits per heavy atom. The third-order valence-corrected chi connectivity index (χ3v) is 4.81. The van der Waals surface area contributed by atoms with Gasteiger partial charge in [0, 0.05) is 25.7 Å². The van der Waals surface area contributed by atoms with E-state index in [-0.39, 0.29) is 17.9 Å². The molecule has 1 aromatic carbocycles. The number of hydrogen-bond acceptors (Lipinski definition) is 3. The van der Waals surface area contributed by atoms with Gasteiger partial charge in [-0.2, -0.15) is 0 Å². The molecule has 2 heterocycles. The van der Waals surface area contributed by atoms with Crippen LogP contribution in [0.25, 0.3) is 0 Å². The van der Waals surface area contributed by atoms with Gasteiger partial charge in [-0.25, -0.2) is 0 Å². The van der Waals surface area contributed by atoms with Crippen molar-refractivity contribution < 1.29 is 14.0 Å². The first-order valence-electron chi connectivity index (χ1n) is 8.67. The molecule has 0 spiro atoms. The highest BCUT2D eigenvalue weighted by Gasteiger charge is 2.35. The minimum atomic E-state index is -0.353. The maximum absolute atomic E-state index is 12.9. The maximum atomic E-state index is 12.9. The molecule has 1 saturated heterocycles. The Morgan fingerprint density at radius 3 is 2.68 bits per heavy atom. The van der Waals surface area contributed by atoms with Crippen molar-refractivity contribution in [2.24, 2.45) is 0 Å². The predicted octanol–water partition coefficient (Wildman–Crippen LogP) is 2.78. The van der Waals surface area contributed by atoms with E-state index in [9.17, 15) is 9.59 Å². The van der Waals surface area contributed by atoms with Gasteiger partial charge < -0.3 is 14.2 Å². The number of nitrogens with zero attached hydrogens (tertiary/aromatic N) is 2. The van der Waals surface area contributed by atoms with Gasteiger partial charge >= 0.3 is 0 Å². The minimum Gasteiger partial charge on any atom is -0.469 e. The van der Waals surface area contributed by atoms with Gasteiger partial charge in [0.05, 0.1) is 12.7 Å². The van der Waals surface area contributed by atoms with Crippen LogP contribution >= 0.6 is 0 Å². The molecule has 0 radical (unpaired) electrons. The molecule has 5 nitrogen and oxygen atoms in total. The molecule has 0 N–H and O–H groups in total. The van der Waals surface area contributed by atoms with E-state index in [1.165, 1.54) is 0 Å². The summed E-state index contributed by atoms with van der Waals surface area (Å²) in [5.41, 5.74) is 1.98. The summed E-state index contributed by atoms with van der Waals surface area (Å²) < 4.78 is 5.29. The Balaban J connectivity index is 1.65. The zero-order chi connectivity index (χ0) is 17.8. The van der Waals surface area contributed by atoms with Gasteiger partial charge in [0.2, 0.25) is 11.8 Å². The molecule has 1 aliphatic rings. The molecule has 5 heteroatoms. The summed E-state index contributed by atoms with van der Waals surface area (Å²) in [6.45, 7) is 3.04. The van der Waals surface area contributed by atoms with Crippen LogP contribution in [0.15, 0.2) is 47.1 Å². The molecule has 1 fully saturated rings. The summed E-state index contributed by atoms with van der Waals surface area (Å²) in [6, 6.07) is 11.2. The van der Waals surface area contributed by atoms with Crippen LogP contribution < -0.4 is 0 Å². The number of furan rings is 1. The summed E-state index contributed by atoms with van der Waals surface area (Å²) in [7, 11) is 1.78. The average Bonchev–Trinajstić information content (AvgIpc) is 3.24. The van der Waals surface area contributed by atoms with E-state index in [2.05, 4.69) is 0 Å². The summed E-state index contributed by atoms with van der Waals surface area (Å²) >= 11 is 0. The summed E-state index contributed by atoms with van der Waals surface area (Å²) in [5.74, 6) is 0.845. The zero-order valence-electron chi connectivity index (χ0n) is 14.8. The van der Waals surface area contributed by atoms with E-state index in [0.29, 0.717) is 19.5 Å². The van der Waals surface area contributed by atoms with Crippen molar-refractivity contribution in [2.75, 3.05) is 13.6 Å². The van der Waals surface area contributed by atoms with E-state index >= 15 is 0 Å². The lowest BCUT2D eigenvalue weighted by Crippen LogP contribution is -2.46. The van der Waals surface area contributed by atoms with Crippen molar-refractivity contribution in [1.82, 2.24) is 9.80 Å². The SMILES string of the molecule is Cc1occc1CN(C)C(=O)C1CCCN1C(=O)Cc1ccccc1. The molecule has 1 aromatic heterocycles. The fraction of sp³-hybridized carbons (Fsp3) is 0.400. The van der Waals surface area contributed by atoms with Gasteiger partial charge in [-0.3, -0.25) is 9.59 Å². The molecule has 0 saturated carbocycles. The fourth-order valence-electron chi connectivity index (χ4n) is 3.36. The molecule has 25 heavy (non-hydrogen) atoms. The topological polar surface area (TPSA) is 53.8 Å². The standard InChI is InChI=1S/C20H24N2O3/c1-15-17(10-12-25-15)14-21(2)20(24)18-9-6-11-22(18)19(23)13-16-7-4-3-5-8-16/h3-5,7-8,10,12,18H,6,9,11,13-14H2,1-2H3. The predicted molar refractivity (Wildman–Crippen MR) is 94.8 cm³/mol. The van der Waals surface area contributed by atoms with Crippen molar-refractivity contribution >= 4 is 11.8 Å². The third kappa shape index (κ3) is 3.92. The number of likely N-dealkylation sites (N-methyl/N-ethyl adjacent to an activating group) is 1. The van der Waals surface area contributed by atoms with Crippen molar-refractivity contribution in [3.05, 3.63) is 59.5 Å². The number of carbonyl (C=O) groups is 2. The van der Waals surface area contributed by atoms with Crippen LogP contribution in [0, 0.1) is 6.92 Å². The molecule has 2 amide bonds. The van der Waals surface area contributed by atoms with E-state index < -0.39 is 0 Å². The molecule has 1 atom stereocenters. The van der Waals surface area contributed by atoms with Gasteiger partial charge in [0.15, 0.2) is 0 Å². The molecule has 0 bridgehead atoms. The monoisotopic (exact) mass is 340 g/mol. The third-order valence-electron chi connectivity index (χ3n) is 4.81. The van der Waals surface area contributed by atoms with Crippen LogP contribution in [-0.4, -0.2) is 41.2 Å². The molecule has 132 valence electrons. The second-order valence-electron chi connectivity index (χ2n) is 6.60. The van der Waals surface area contributed by atoms with Gasteiger partial charge in [-0.05, 0) is 31.4 Å². The fourth-order valence-corrected chi connectivity index (χ4v) is 3.36. The smallest absolute Gasteiger partial charge is 0.245 e. The largest absolute Gasteiger partial charge is 0.469 e. The Hall–Kier alpha value is -2.56. The van der Waals surface area contributed by atoms with Crippen LogP contribution in [0.1, 0.15) is 29.7 Å². The zero-order valence-corrected chi connectivity index (χ0v) is 14.8. The van der Waals surface area contributed by atoms with Crippen LogP contribution in [0.4, 0.5) is 0 Å². The van der Waals surface area contributed by atoms with Crippen molar-refractivity contribution in [2.45, 2.75) is 38.8 Å². The first-order chi connectivity index (χ1) is 12.1. The number of rotatable bonds is 5. The van der Waals surface area contributed by atoms with Crippen LogP contribution in [0.5, 0.6) is 0 Å². The number of carbonyl (C=O) groups excluding carboxylic acids is 2. The minimum absolute atomic E-state index is 0.000452. The lowest BCUT2D eigenvalue weighted by molar-refractivity contribution is -0.143. The molecule has 1 aliphatic heterocycles. The summed E-state index contributed by atoms with van der Waals surface area (Å²) in [6.07, 6.45) is 3.58. The number of hydrogen-bond donors (Lipinski definition) is 0. The lowest BCUT2D eigenvalue weighted by atomic mass is 10.1. The molecular formula is C20H24N2O3. The van der Waals surface area contributed by atoms with Crippen LogP contribution in [0.2, 0.25) is 0 Å². The normalized spacial score (nSPS) is 16.9. The highest BCUT2D eigenvalue weighted by Crippen LogP contribution is 2.22. The molecule has 2 aromatic rings. The first kappa shape index (κ1) is 17.3. The highest BCUT2D eigenvalue weighted by atomic mass is 16.3. The highest BCUT2D eigenvalue weighted by molar-refractivity contribution is 5.89. The van der Waals surface area contributed by atoms with Crippen molar-refractivity contribution in [3.63, 3.8) is 0 Å². The number of likely N-dealkylation sites (tertiary alicyclic amines) is 1. The maximum Gasteiger partial charge on any atom is 0.245 e. The van der Waals surface area contributed by atoms with Gasteiger partial charge in [0.25, 0.3) is 0 Å². The molecule has 3 rings (SSSR count).